The fourth-order valence-electron chi connectivity index (χ4n) is 2.83. The van der Waals surface area contributed by atoms with Crippen LogP contribution in [0.2, 0.25) is 0 Å². The first-order chi connectivity index (χ1) is 10.0. The standard InChI is InChI=1S/C18H29BrN2/c1-5-10-20-14(4)17-11-15(19)6-9-18(17)21(12-13(2)3)16-7-8-16/h6,9,11,13-14,16,20H,5,7-8,10,12H2,1-4H3. The van der Waals surface area contributed by atoms with Gasteiger partial charge < -0.3 is 10.2 Å². The molecule has 0 aliphatic heterocycles. The van der Waals surface area contributed by atoms with Gasteiger partial charge in [-0.3, -0.25) is 0 Å². The predicted octanol–water partition coefficient (Wildman–Crippen LogP) is 5.13. The molecule has 0 bridgehead atoms. The maximum Gasteiger partial charge on any atom is 0.0417 e. The predicted molar refractivity (Wildman–Crippen MR) is 96.1 cm³/mol. The van der Waals surface area contributed by atoms with Crippen LogP contribution in [0.3, 0.4) is 0 Å². The number of benzene rings is 1. The lowest BCUT2D eigenvalue weighted by Gasteiger charge is -2.31. The van der Waals surface area contributed by atoms with E-state index in [1.54, 1.807) is 0 Å². The molecule has 0 amide bonds. The van der Waals surface area contributed by atoms with Gasteiger partial charge in [-0.05, 0) is 62.4 Å². The zero-order valence-electron chi connectivity index (χ0n) is 13.8. The van der Waals surface area contributed by atoms with E-state index in [9.17, 15) is 0 Å². The quantitative estimate of drug-likeness (QED) is 0.697. The summed E-state index contributed by atoms with van der Waals surface area (Å²) in [6.45, 7) is 11.3. The van der Waals surface area contributed by atoms with Crippen LogP contribution < -0.4 is 10.2 Å². The Morgan fingerprint density at radius 2 is 2.00 bits per heavy atom. The lowest BCUT2D eigenvalue weighted by molar-refractivity contribution is 0.561. The molecule has 118 valence electrons. The molecule has 0 heterocycles. The summed E-state index contributed by atoms with van der Waals surface area (Å²) in [4.78, 5) is 2.64. The third kappa shape index (κ3) is 4.72. The number of anilines is 1. The van der Waals surface area contributed by atoms with Gasteiger partial charge in [0, 0.05) is 28.8 Å². The number of halogens is 1. The van der Waals surface area contributed by atoms with Gasteiger partial charge in [-0.1, -0.05) is 36.7 Å². The molecule has 1 aromatic carbocycles. The van der Waals surface area contributed by atoms with Gasteiger partial charge >= 0.3 is 0 Å². The Hall–Kier alpha value is -0.540. The van der Waals surface area contributed by atoms with Crippen LogP contribution in [0.1, 0.15) is 58.6 Å². The highest BCUT2D eigenvalue weighted by molar-refractivity contribution is 9.10. The Bertz CT molecular complexity index is 455. The van der Waals surface area contributed by atoms with E-state index in [1.165, 1.54) is 35.0 Å². The molecule has 1 unspecified atom stereocenters. The average Bonchev–Trinajstić information content (AvgIpc) is 3.26. The van der Waals surface area contributed by atoms with Gasteiger partial charge in [0.1, 0.15) is 0 Å². The molecule has 1 fully saturated rings. The monoisotopic (exact) mass is 352 g/mol. The summed E-state index contributed by atoms with van der Waals surface area (Å²) in [5.74, 6) is 0.695. The van der Waals surface area contributed by atoms with Crippen LogP contribution in [0.25, 0.3) is 0 Å². The Morgan fingerprint density at radius 1 is 1.29 bits per heavy atom. The molecular formula is C18H29BrN2. The molecule has 0 aromatic heterocycles. The topological polar surface area (TPSA) is 15.3 Å². The van der Waals surface area contributed by atoms with E-state index in [0.717, 1.165) is 19.1 Å². The smallest absolute Gasteiger partial charge is 0.0417 e. The molecule has 3 heteroatoms. The van der Waals surface area contributed by atoms with Crippen LogP contribution >= 0.6 is 15.9 Å². The van der Waals surface area contributed by atoms with Gasteiger partial charge in [-0.2, -0.15) is 0 Å². The van der Waals surface area contributed by atoms with E-state index >= 15 is 0 Å². The number of nitrogens with zero attached hydrogens (tertiary/aromatic N) is 1. The summed E-state index contributed by atoms with van der Waals surface area (Å²) >= 11 is 3.64. The van der Waals surface area contributed by atoms with Crippen LogP contribution in [0.4, 0.5) is 5.69 Å². The van der Waals surface area contributed by atoms with Crippen molar-refractivity contribution in [2.24, 2.45) is 5.92 Å². The first-order valence-electron chi connectivity index (χ1n) is 8.32. The van der Waals surface area contributed by atoms with Gasteiger partial charge in [0.05, 0.1) is 0 Å². The van der Waals surface area contributed by atoms with Crippen molar-refractivity contribution in [3.05, 3.63) is 28.2 Å². The minimum Gasteiger partial charge on any atom is -0.368 e. The third-order valence-corrected chi connectivity index (χ3v) is 4.51. The highest BCUT2D eigenvalue weighted by Gasteiger charge is 2.31. The van der Waals surface area contributed by atoms with Crippen LogP contribution in [-0.4, -0.2) is 19.1 Å². The maximum absolute atomic E-state index is 3.64. The second-order valence-electron chi connectivity index (χ2n) is 6.66. The molecule has 1 aliphatic carbocycles. The molecular weight excluding hydrogens is 324 g/mol. The van der Waals surface area contributed by atoms with Crippen molar-refractivity contribution >= 4 is 21.6 Å². The largest absolute Gasteiger partial charge is 0.368 e. The summed E-state index contributed by atoms with van der Waals surface area (Å²) < 4.78 is 1.17. The van der Waals surface area contributed by atoms with Gasteiger partial charge in [0.2, 0.25) is 0 Å². The summed E-state index contributed by atoms with van der Waals surface area (Å²) in [6, 6.07) is 7.92. The van der Waals surface area contributed by atoms with Gasteiger partial charge in [-0.15, -0.1) is 0 Å². The van der Waals surface area contributed by atoms with E-state index in [1.807, 2.05) is 0 Å². The molecule has 2 nitrogen and oxygen atoms in total. The van der Waals surface area contributed by atoms with Crippen LogP contribution in [0.5, 0.6) is 0 Å². The Labute approximate surface area is 138 Å². The summed E-state index contributed by atoms with van der Waals surface area (Å²) in [5.41, 5.74) is 2.84. The Morgan fingerprint density at radius 3 is 2.57 bits per heavy atom. The highest BCUT2D eigenvalue weighted by Crippen LogP contribution is 2.37. The minimum absolute atomic E-state index is 0.394. The number of hydrogen-bond donors (Lipinski definition) is 1. The minimum atomic E-state index is 0.394. The molecule has 1 aromatic rings. The summed E-state index contributed by atoms with van der Waals surface area (Å²) in [7, 11) is 0. The van der Waals surface area contributed by atoms with E-state index in [4.69, 9.17) is 0 Å². The molecule has 1 aliphatic rings. The van der Waals surface area contributed by atoms with E-state index < -0.39 is 0 Å². The molecule has 0 saturated heterocycles. The second kappa shape index (κ2) is 7.64. The molecule has 0 spiro atoms. The molecule has 1 N–H and O–H groups in total. The van der Waals surface area contributed by atoms with Crippen molar-refractivity contribution in [1.29, 1.82) is 0 Å². The first-order valence-corrected chi connectivity index (χ1v) is 9.11. The van der Waals surface area contributed by atoms with Crippen molar-refractivity contribution in [3.8, 4) is 0 Å². The molecule has 1 atom stereocenters. The van der Waals surface area contributed by atoms with E-state index in [2.05, 4.69) is 72.0 Å². The van der Waals surface area contributed by atoms with Crippen LogP contribution in [-0.2, 0) is 0 Å². The molecule has 21 heavy (non-hydrogen) atoms. The van der Waals surface area contributed by atoms with Crippen molar-refractivity contribution in [3.63, 3.8) is 0 Å². The third-order valence-electron chi connectivity index (χ3n) is 4.02. The summed E-state index contributed by atoms with van der Waals surface area (Å²) in [5, 5.41) is 3.64. The normalized spacial score (nSPS) is 16.3. The Kier molecular flexibility index (Phi) is 6.12. The van der Waals surface area contributed by atoms with Crippen LogP contribution in [0, 0.1) is 5.92 Å². The molecule has 1 saturated carbocycles. The van der Waals surface area contributed by atoms with Crippen molar-refractivity contribution in [2.45, 2.75) is 59.0 Å². The fourth-order valence-corrected chi connectivity index (χ4v) is 3.21. The molecule has 0 radical (unpaired) electrons. The molecule has 2 rings (SSSR count). The van der Waals surface area contributed by atoms with Gasteiger partial charge in [0.15, 0.2) is 0 Å². The number of hydrogen-bond acceptors (Lipinski definition) is 2. The zero-order chi connectivity index (χ0) is 15.4. The fraction of sp³-hybridized carbons (Fsp3) is 0.667. The number of nitrogens with one attached hydrogen (secondary N) is 1. The van der Waals surface area contributed by atoms with Gasteiger partial charge in [-0.25, -0.2) is 0 Å². The van der Waals surface area contributed by atoms with Crippen molar-refractivity contribution in [1.82, 2.24) is 5.32 Å². The maximum atomic E-state index is 3.64. The Balaban J connectivity index is 2.27. The van der Waals surface area contributed by atoms with Gasteiger partial charge in [0.25, 0.3) is 0 Å². The lowest BCUT2D eigenvalue weighted by Crippen LogP contribution is -2.32. The van der Waals surface area contributed by atoms with Crippen molar-refractivity contribution < 1.29 is 0 Å². The number of rotatable bonds is 8. The second-order valence-corrected chi connectivity index (χ2v) is 7.57. The lowest BCUT2D eigenvalue weighted by atomic mass is 10.0. The highest BCUT2D eigenvalue weighted by atomic mass is 79.9. The first kappa shape index (κ1) is 16.8. The zero-order valence-corrected chi connectivity index (χ0v) is 15.4. The average molecular weight is 353 g/mol. The van der Waals surface area contributed by atoms with Crippen molar-refractivity contribution in [2.75, 3.05) is 18.0 Å². The van der Waals surface area contributed by atoms with E-state index in [0.29, 0.717) is 12.0 Å². The van der Waals surface area contributed by atoms with E-state index in [-0.39, 0.29) is 0 Å². The van der Waals surface area contributed by atoms with Crippen LogP contribution in [0.15, 0.2) is 22.7 Å². The SMILES string of the molecule is CCCNC(C)c1cc(Br)ccc1N(CC(C)C)C1CC1. The summed E-state index contributed by atoms with van der Waals surface area (Å²) in [6.07, 6.45) is 3.87.